The molecule has 1 saturated heterocycles. The normalized spacial score (nSPS) is 25.3. The summed E-state index contributed by atoms with van der Waals surface area (Å²) in [6, 6.07) is 15.4. The topological polar surface area (TPSA) is 49.4 Å². The first kappa shape index (κ1) is 15.9. The van der Waals surface area contributed by atoms with Gasteiger partial charge in [-0.2, -0.15) is 0 Å². The highest BCUT2D eigenvalue weighted by atomic mass is 35.5. The quantitative estimate of drug-likeness (QED) is 0.884. The average Bonchev–Trinajstić information content (AvgIpc) is 3.26. The Morgan fingerprint density at radius 2 is 1.77 bits per heavy atom. The molecule has 26 heavy (non-hydrogen) atoms. The number of nitrogens with zero attached hydrogens (tertiary/aromatic N) is 1. The Balaban J connectivity index is 1.44. The smallest absolute Gasteiger partial charge is 0.236 e. The van der Waals surface area contributed by atoms with Crippen LogP contribution in [0.2, 0.25) is 5.02 Å². The van der Waals surface area contributed by atoms with Gasteiger partial charge in [0.2, 0.25) is 11.8 Å². The number of para-hydroxylation sites is 1. The molecule has 3 aliphatic rings. The number of carbonyl (C=O) groups is 2. The van der Waals surface area contributed by atoms with Crippen molar-refractivity contribution in [2.75, 3.05) is 18.4 Å². The van der Waals surface area contributed by atoms with Crippen molar-refractivity contribution in [1.82, 2.24) is 4.90 Å². The molecule has 4 nitrogen and oxygen atoms in total. The molecule has 132 valence electrons. The molecule has 2 aromatic carbocycles. The zero-order valence-electron chi connectivity index (χ0n) is 14.3. The first-order chi connectivity index (χ1) is 12.6. The minimum absolute atomic E-state index is 0.0188. The molecule has 2 heterocycles. The Kier molecular flexibility index (Phi) is 3.26. The van der Waals surface area contributed by atoms with Gasteiger partial charge in [-0.1, -0.05) is 41.9 Å². The first-order valence-corrected chi connectivity index (χ1v) is 9.39. The van der Waals surface area contributed by atoms with E-state index < -0.39 is 10.8 Å². The van der Waals surface area contributed by atoms with Crippen molar-refractivity contribution in [3.63, 3.8) is 0 Å². The molecule has 2 amide bonds. The number of anilines is 1. The van der Waals surface area contributed by atoms with E-state index in [9.17, 15) is 9.59 Å². The number of amides is 2. The number of rotatable bonds is 2. The SMILES string of the molecule is O=C(N1CCC2(C1)C(=O)Nc1ccccc12)C1(c2ccc(Cl)cc2)CC1. The molecule has 0 aromatic heterocycles. The van der Waals surface area contributed by atoms with Crippen LogP contribution in [0.3, 0.4) is 0 Å². The van der Waals surface area contributed by atoms with E-state index in [4.69, 9.17) is 11.6 Å². The lowest BCUT2D eigenvalue weighted by Crippen LogP contribution is -2.42. The third-order valence-electron chi connectivity index (χ3n) is 6.24. The van der Waals surface area contributed by atoms with Gasteiger partial charge in [0, 0.05) is 23.8 Å². The van der Waals surface area contributed by atoms with Gasteiger partial charge in [-0.3, -0.25) is 9.59 Å². The molecule has 1 atom stereocenters. The summed E-state index contributed by atoms with van der Waals surface area (Å²) in [7, 11) is 0. The number of benzene rings is 2. The number of hydrogen-bond acceptors (Lipinski definition) is 2. The van der Waals surface area contributed by atoms with Crippen molar-refractivity contribution >= 4 is 29.1 Å². The van der Waals surface area contributed by atoms with E-state index in [2.05, 4.69) is 5.32 Å². The van der Waals surface area contributed by atoms with Crippen LogP contribution >= 0.6 is 11.6 Å². The van der Waals surface area contributed by atoms with Gasteiger partial charge in [-0.25, -0.2) is 0 Å². The average molecular weight is 367 g/mol. The van der Waals surface area contributed by atoms with Crippen LogP contribution in [0, 0.1) is 0 Å². The third kappa shape index (κ3) is 2.08. The van der Waals surface area contributed by atoms with E-state index >= 15 is 0 Å². The predicted molar refractivity (Wildman–Crippen MR) is 100 cm³/mol. The van der Waals surface area contributed by atoms with Gasteiger partial charge in [-0.05, 0) is 48.6 Å². The van der Waals surface area contributed by atoms with Crippen molar-refractivity contribution in [2.45, 2.75) is 30.1 Å². The molecule has 1 aliphatic carbocycles. The van der Waals surface area contributed by atoms with Gasteiger partial charge in [0.1, 0.15) is 0 Å². The maximum atomic E-state index is 13.3. The number of halogens is 1. The molecular weight excluding hydrogens is 348 g/mol. The van der Waals surface area contributed by atoms with Crippen LogP contribution in [0.25, 0.3) is 0 Å². The highest BCUT2D eigenvalue weighted by Crippen LogP contribution is 2.52. The second-order valence-corrected chi connectivity index (χ2v) is 8.08. The number of hydrogen-bond donors (Lipinski definition) is 1. The van der Waals surface area contributed by atoms with Gasteiger partial charge in [0.25, 0.3) is 0 Å². The fourth-order valence-electron chi connectivity index (χ4n) is 4.58. The maximum Gasteiger partial charge on any atom is 0.236 e. The summed E-state index contributed by atoms with van der Waals surface area (Å²) in [5, 5.41) is 3.67. The lowest BCUT2D eigenvalue weighted by molar-refractivity contribution is -0.133. The summed E-state index contributed by atoms with van der Waals surface area (Å²) >= 11 is 5.99. The Morgan fingerprint density at radius 3 is 2.50 bits per heavy atom. The zero-order chi connectivity index (χ0) is 17.9. The van der Waals surface area contributed by atoms with E-state index in [0.717, 1.165) is 29.7 Å². The molecule has 1 N–H and O–H groups in total. The van der Waals surface area contributed by atoms with Crippen LogP contribution in [-0.2, 0) is 20.4 Å². The van der Waals surface area contributed by atoms with Gasteiger partial charge < -0.3 is 10.2 Å². The largest absolute Gasteiger partial charge is 0.340 e. The summed E-state index contributed by atoms with van der Waals surface area (Å²) in [6.45, 7) is 1.08. The van der Waals surface area contributed by atoms with Crippen molar-refractivity contribution in [3.05, 3.63) is 64.7 Å². The molecule has 5 rings (SSSR count). The Hall–Kier alpha value is -2.33. The first-order valence-electron chi connectivity index (χ1n) is 9.02. The molecule has 5 heteroatoms. The molecular formula is C21H19ClN2O2. The van der Waals surface area contributed by atoms with Crippen LogP contribution < -0.4 is 5.32 Å². The number of nitrogens with one attached hydrogen (secondary N) is 1. The highest BCUT2D eigenvalue weighted by Gasteiger charge is 2.58. The zero-order valence-corrected chi connectivity index (χ0v) is 15.1. The van der Waals surface area contributed by atoms with E-state index in [1.807, 2.05) is 53.4 Å². The summed E-state index contributed by atoms with van der Waals surface area (Å²) in [6.07, 6.45) is 2.40. The summed E-state index contributed by atoms with van der Waals surface area (Å²) in [5.74, 6) is 0.166. The summed E-state index contributed by atoms with van der Waals surface area (Å²) in [5.41, 5.74) is 1.92. The molecule has 0 radical (unpaired) electrons. The fraction of sp³-hybridized carbons (Fsp3) is 0.333. The standard InChI is InChI=1S/C21H19ClN2O2/c22-15-7-5-14(6-8-15)20(9-10-20)19(26)24-12-11-21(13-24)16-3-1-2-4-17(16)23-18(21)25/h1-8H,9-13H2,(H,23,25). The molecule has 1 saturated carbocycles. The summed E-state index contributed by atoms with van der Waals surface area (Å²) < 4.78 is 0. The van der Waals surface area contributed by atoms with Crippen molar-refractivity contribution in [1.29, 1.82) is 0 Å². The molecule has 2 aromatic rings. The number of likely N-dealkylation sites (tertiary alicyclic amines) is 1. The Morgan fingerprint density at radius 1 is 1.04 bits per heavy atom. The number of carbonyl (C=O) groups excluding carboxylic acids is 2. The van der Waals surface area contributed by atoms with Gasteiger partial charge in [0.15, 0.2) is 0 Å². The molecule has 0 bridgehead atoms. The van der Waals surface area contributed by atoms with E-state index in [1.165, 1.54) is 0 Å². The lowest BCUT2D eigenvalue weighted by Gasteiger charge is -2.26. The van der Waals surface area contributed by atoms with Crippen LogP contribution in [0.4, 0.5) is 5.69 Å². The van der Waals surface area contributed by atoms with Gasteiger partial charge in [-0.15, -0.1) is 0 Å². The van der Waals surface area contributed by atoms with Gasteiger partial charge in [0.05, 0.1) is 10.8 Å². The molecule has 1 unspecified atom stereocenters. The Labute approximate surface area is 157 Å². The van der Waals surface area contributed by atoms with Crippen LogP contribution in [-0.4, -0.2) is 29.8 Å². The van der Waals surface area contributed by atoms with Crippen molar-refractivity contribution < 1.29 is 9.59 Å². The van der Waals surface area contributed by atoms with E-state index in [-0.39, 0.29) is 11.8 Å². The maximum absolute atomic E-state index is 13.3. The molecule has 2 fully saturated rings. The molecule has 1 spiro atoms. The predicted octanol–water partition coefficient (Wildman–Crippen LogP) is 3.49. The van der Waals surface area contributed by atoms with Gasteiger partial charge >= 0.3 is 0 Å². The van der Waals surface area contributed by atoms with Crippen molar-refractivity contribution in [2.24, 2.45) is 0 Å². The molecule has 2 aliphatic heterocycles. The van der Waals surface area contributed by atoms with Crippen LogP contribution in [0.5, 0.6) is 0 Å². The Bertz CT molecular complexity index is 920. The minimum Gasteiger partial charge on any atom is -0.340 e. The van der Waals surface area contributed by atoms with E-state index in [0.29, 0.717) is 24.5 Å². The summed E-state index contributed by atoms with van der Waals surface area (Å²) in [4.78, 5) is 28.0. The second kappa shape index (κ2) is 5.34. The van der Waals surface area contributed by atoms with Crippen LogP contribution in [0.15, 0.2) is 48.5 Å². The van der Waals surface area contributed by atoms with Crippen LogP contribution in [0.1, 0.15) is 30.4 Å². The number of fused-ring (bicyclic) bond motifs is 2. The lowest BCUT2D eigenvalue weighted by atomic mass is 9.81. The highest BCUT2D eigenvalue weighted by molar-refractivity contribution is 6.30. The van der Waals surface area contributed by atoms with Crippen molar-refractivity contribution in [3.8, 4) is 0 Å². The fourth-order valence-corrected chi connectivity index (χ4v) is 4.71. The second-order valence-electron chi connectivity index (χ2n) is 7.65. The monoisotopic (exact) mass is 366 g/mol. The minimum atomic E-state index is -0.595. The third-order valence-corrected chi connectivity index (χ3v) is 6.49. The van der Waals surface area contributed by atoms with E-state index in [1.54, 1.807) is 0 Å².